The van der Waals surface area contributed by atoms with E-state index in [0.717, 1.165) is 17.0 Å². The number of carbonyl (C=O) groups is 1. The van der Waals surface area contributed by atoms with E-state index in [1.807, 2.05) is 30.3 Å². The molecule has 0 radical (unpaired) electrons. The summed E-state index contributed by atoms with van der Waals surface area (Å²) in [5, 5.41) is 4.84. The van der Waals surface area contributed by atoms with Gasteiger partial charge < -0.3 is 10.2 Å². The molecule has 0 saturated carbocycles. The van der Waals surface area contributed by atoms with E-state index < -0.39 is 15.9 Å². The van der Waals surface area contributed by atoms with Gasteiger partial charge >= 0.3 is 0 Å². The van der Waals surface area contributed by atoms with Crippen molar-refractivity contribution >= 4 is 50.2 Å². The van der Waals surface area contributed by atoms with E-state index in [2.05, 4.69) is 10.2 Å². The van der Waals surface area contributed by atoms with E-state index in [9.17, 15) is 13.2 Å². The first kappa shape index (κ1) is 20.9. The minimum absolute atomic E-state index is 0.0418. The van der Waals surface area contributed by atoms with Crippen molar-refractivity contribution in [3.05, 3.63) is 75.9 Å². The summed E-state index contributed by atoms with van der Waals surface area (Å²) in [6.07, 6.45) is 0. The molecule has 6 nitrogen and oxygen atoms in total. The second-order valence-electron chi connectivity index (χ2n) is 6.81. The molecule has 4 rings (SSSR count). The van der Waals surface area contributed by atoms with Crippen LogP contribution in [-0.4, -0.2) is 44.8 Å². The van der Waals surface area contributed by atoms with Crippen molar-refractivity contribution in [3.8, 4) is 0 Å². The molecular weight excluding hydrogens is 442 g/mol. The van der Waals surface area contributed by atoms with E-state index in [4.69, 9.17) is 11.6 Å². The predicted octanol–water partition coefficient (Wildman–Crippen LogP) is 4.16. The van der Waals surface area contributed by atoms with Gasteiger partial charge in [-0.15, -0.1) is 11.3 Å². The lowest BCUT2D eigenvalue weighted by Gasteiger charge is -2.35. The van der Waals surface area contributed by atoms with Crippen LogP contribution in [0.2, 0.25) is 5.02 Å². The molecule has 30 heavy (non-hydrogen) atoms. The Bertz CT molecular complexity index is 1140. The smallest absolute Gasteiger partial charge is 0.267 e. The van der Waals surface area contributed by atoms with Crippen LogP contribution in [0.15, 0.2) is 70.9 Å². The summed E-state index contributed by atoms with van der Waals surface area (Å²) in [5.74, 6) is -0.464. The molecule has 2 aromatic carbocycles. The molecule has 3 aromatic rings. The number of nitrogens with zero attached hydrogens (tertiary/aromatic N) is 2. The number of hydrogen-bond acceptors (Lipinski definition) is 5. The van der Waals surface area contributed by atoms with Crippen molar-refractivity contribution in [1.82, 2.24) is 4.31 Å². The number of halogens is 1. The van der Waals surface area contributed by atoms with Gasteiger partial charge in [0, 0.05) is 42.6 Å². The highest BCUT2D eigenvalue weighted by Crippen LogP contribution is 2.28. The third-order valence-electron chi connectivity index (χ3n) is 4.90. The number of para-hydroxylation sites is 1. The summed E-state index contributed by atoms with van der Waals surface area (Å²) in [4.78, 5) is 15.1. The summed E-state index contributed by atoms with van der Waals surface area (Å²) in [6.45, 7) is 1.92. The Morgan fingerprint density at radius 2 is 1.70 bits per heavy atom. The highest BCUT2D eigenvalue weighted by atomic mass is 35.5. The van der Waals surface area contributed by atoms with Crippen LogP contribution in [0.25, 0.3) is 0 Å². The number of rotatable bonds is 5. The molecule has 1 aromatic heterocycles. The molecule has 1 N–H and O–H groups in total. The monoisotopic (exact) mass is 461 g/mol. The van der Waals surface area contributed by atoms with Crippen molar-refractivity contribution in [1.29, 1.82) is 0 Å². The highest BCUT2D eigenvalue weighted by Gasteiger charge is 2.32. The molecule has 0 spiro atoms. The number of piperazine rings is 1. The zero-order chi connectivity index (χ0) is 21.1. The van der Waals surface area contributed by atoms with Gasteiger partial charge in [0.05, 0.1) is 0 Å². The molecule has 156 valence electrons. The van der Waals surface area contributed by atoms with Crippen molar-refractivity contribution in [2.24, 2.45) is 0 Å². The fourth-order valence-electron chi connectivity index (χ4n) is 3.38. The number of amides is 1. The van der Waals surface area contributed by atoms with Crippen LogP contribution in [0.4, 0.5) is 11.4 Å². The lowest BCUT2D eigenvalue weighted by atomic mass is 10.2. The molecule has 0 atom stereocenters. The first-order valence-corrected chi connectivity index (χ1v) is 12.1. The zero-order valence-corrected chi connectivity index (χ0v) is 18.4. The van der Waals surface area contributed by atoms with Crippen molar-refractivity contribution in [2.75, 3.05) is 36.4 Å². The molecule has 0 unspecified atom stereocenters. The summed E-state index contributed by atoms with van der Waals surface area (Å²) >= 11 is 7.07. The van der Waals surface area contributed by atoms with Crippen LogP contribution in [0.1, 0.15) is 9.67 Å². The Morgan fingerprint density at radius 3 is 2.40 bits per heavy atom. The van der Waals surface area contributed by atoms with Crippen molar-refractivity contribution < 1.29 is 13.2 Å². The third kappa shape index (κ3) is 4.37. The summed E-state index contributed by atoms with van der Waals surface area (Å²) in [5.41, 5.74) is 1.59. The maximum atomic E-state index is 13.2. The van der Waals surface area contributed by atoms with Crippen molar-refractivity contribution in [3.63, 3.8) is 0 Å². The third-order valence-corrected chi connectivity index (χ3v) is 8.11. The fourth-order valence-corrected chi connectivity index (χ4v) is 6.29. The Balaban J connectivity index is 1.49. The number of carbonyl (C=O) groups excluding carboxylic acids is 1. The maximum Gasteiger partial charge on any atom is 0.267 e. The normalized spacial score (nSPS) is 15.2. The molecule has 9 heteroatoms. The fraction of sp³-hybridized carbons (Fsp3) is 0.190. The molecule has 1 aliphatic rings. The average molecular weight is 462 g/mol. The molecule has 0 bridgehead atoms. The van der Waals surface area contributed by atoms with Gasteiger partial charge in [-0.2, -0.15) is 4.31 Å². The molecule has 2 heterocycles. The average Bonchev–Trinajstić information content (AvgIpc) is 3.26. The van der Waals surface area contributed by atoms with Crippen LogP contribution in [0, 0.1) is 0 Å². The first-order valence-electron chi connectivity index (χ1n) is 9.40. The quantitative estimate of drug-likeness (QED) is 0.619. The van der Waals surface area contributed by atoms with E-state index in [1.54, 1.807) is 29.6 Å². The van der Waals surface area contributed by atoms with E-state index in [-0.39, 0.29) is 9.77 Å². The summed E-state index contributed by atoms with van der Waals surface area (Å²) in [7, 11) is -3.77. The molecule has 1 saturated heterocycles. The highest BCUT2D eigenvalue weighted by molar-refractivity contribution is 7.89. The molecule has 1 fully saturated rings. The minimum atomic E-state index is -3.77. The van der Waals surface area contributed by atoms with Gasteiger partial charge in [0.25, 0.3) is 5.91 Å². The number of sulfonamides is 1. The number of anilines is 2. The molecule has 1 amide bonds. The number of nitrogens with one attached hydrogen (secondary N) is 1. The Morgan fingerprint density at radius 1 is 0.967 bits per heavy atom. The van der Waals surface area contributed by atoms with Gasteiger partial charge in [-0.1, -0.05) is 35.9 Å². The largest absolute Gasteiger partial charge is 0.369 e. The molecule has 1 aliphatic heterocycles. The molecule has 0 aliphatic carbocycles. The maximum absolute atomic E-state index is 13.2. The van der Waals surface area contributed by atoms with Gasteiger partial charge in [0.15, 0.2) is 0 Å². The first-order chi connectivity index (χ1) is 14.4. The lowest BCUT2D eigenvalue weighted by molar-refractivity contribution is 0.102. The second-order valence-corrected chi connectivity index (χ2v) is 10.1. The van der Waals surface area contributed by atoms with Crippen LogP contribution < -0.4 is 10.2 Å². The Kier molecular flexibility index (Phi) is 6.10. The van der Waals surface area contributed by atoms with Gasteiger partial charge in [-0.25, -0.2) is 8.42 Å². The van der Waals surface area contributed by atoms with Crippen LogP contribution in [0.3, 0.4) is 0 Å². The lowest BCUT2D eigenvalue weighted by Crippen LogP contribution is -2.48. The minimum Gasteiger partial charge on any atom is -0.369 e. The molecular formula is C21H20ClN3O3S2. The van der Waals surface area contributed by atoms with Crippen LogP contribution in [-0.2, 0) is 10.0 Å². The predicted molar refractivity (Wildman–Crippen MR) is 121 cm³/mol. The van der Waals surface area contributed by atoms with Crippen LogP contribution >= 0.6 is 22.9 Å². The van der Waals surface area contributed by atoms with Gasteiger partial charge in [0.2, 0.25) is 10.0 Å². The topological polar surface area (TPSA) is 69.7 Å². The van der Waals surface area contributed by atoms with E-state index in [1.165, 1.54) is 10.4 Å². The van der Waals surface area contributed by atoms with E-state index in [0.29, 0.717) is 36.9 Å². The number of thiophene rings is 1. The van der Waals surface area contributed by atoms with Gasteiger partial charge in [0.1, 0.15) is 9.77 Å². The van der Waals surface area contributed by atoms with E-state index >= 15 is 0 Å². The van der Waals surface area contributed by atoms with Crippen LogP contribution in [0.5, 0.6) is 0 Å². The number of hydrogen-bond donors (Lipinski definition) is 1. The van der Waals surface area contributed by atoms with Gasteiger partial charge in [-0.05, 0) is 41.8 Å². The second kappa shape index (κ2) is 8.77. The zero-order valence-electron chi connectivity index (χ0n) is 16.0. The summed E-state index contributed by atoms with van der Waals surface area (Å²) in [6, 6.07) is 18.2. The Hall–Kier alpha value is -2.39. The van der Waals surface area contributed by atoms with Crippen molar-refractivity contribution in [2.45, 2.75) is 4.90 Å². The Labute approximate surface area is 184 Å². The number of benzene rings is 2. The van der Waals surface area contributed by atoms with Gasteiger partial charge in [-0.3, -0.25) is 4.79 Å². The SMILES string of the molecule is O=C(Nc1cccc(Cl)c1)c1sccc1S(=O)(=O)N1CCN(c2ccccc2)CC1. The standard InChI is InChI=1S/C21H20ClN3O3S2/c22-16-5-4-6-17(15-16)23-21(26)20-19(9-14-29-20)30(27,28)25-12-10-24(11-13-25)18-7-2-1-3-8-18/h1-9,14-15H,10-13H2,(H,23,26). The summed E-state index contributed by atoms with van der Waals surface area (Å²) < 4.78 is 27.9.